The highest BCUT2D eigenvalue weighted by molar-refractivity contribution is 5.74. The second kappa shape index (κ2) is 7.50. The summed E-state index contributed by atoms with van der Waals surface area (Å²) in [7, 11) is 1.62. The molecule has 0 saturated carbocycles. The maximum atomic E-state index is 9.28. The molecule has 2 aliphatic rings. The number of rotatable bonds is 5. The molecule has 5 heterocycles. The van der Waals surface area contributed by atoms with Crippen molar-refractivity contribution < 1.29 is 4.74 Å². The summed E-state index contributed by atoms with van der Waals surface area (Å²) in [5.41, 5.74) is 3.21. The van der Waals surface area contributed by atoms with Crippen LogP contribution in [0.15, 0.2) is 30.9 Å². The van der Waals surface area contributed by atoms with E-state index in [1.807, 2.05) is 18.5 Å². The van der Waals surface area contributed by atoms with Gasteiger partial charge in [0.25, 0.3) is 0 Å². The lowest BCUT2D eigenvalue weighted by Gasteiger charge is -2.37. The molecule has 8 heteroatoms. The van der Waals surface area contributed by atoms with Crippen molar-refractivity contribution in [3.8, 4) is 22.9 Å². The third-order valence-corrected chi connectivity index (χ3v) is 6.17. The fraction of sp³-hybridized carbons (Fsp3) is 0.476. The number of pyridine rings is 1. The van der Waals surface area contributed by atoms with Crippen LogP contribution in [-0.4, -0.2) is 64.1 Å². The summed E-state index contributed by atoms with van der Waals surface area (Å²) in [6, 6.07) is 4.56. The second-order valence-corrected chi connectivity index (χ2v) is 8.03. The molecule has 29 heavy (non-hydrogen) atoms. The Morgan fingerprint density at radius 2 is 2.00 bits per heavy atom. The number of hydrogen-bond donors (Lipinski definition) is 1. The number of nitrogens with zero attached hydrogens (tertiary/aromatic N) is 6. The molecule has 0 aliphatic carbocycles. The molecule has 2 fully saturated rings. The van der Waals surface area contributed by atoms with E-state index >= 15 is 0 Å². The minimum atomic E-state index is 0.444. The van der Waals surface area contributed by atoms with Crippen molar-refractivity contribution in [1.29, 1.82) is 5.26 Å². The van der Waals surface area contributed by atoms with Gasteiger partial charge in [-0.15, -0.1) is 0 Å². The highest BCUT2D eigenvalue weighted by Gasteiger charge is 2.25. The van der Waals surface area contributed by atoms with Gasteiger partial charge in [0, 0.05) is 56.2 Å². The van der Waals surface area contributed by atoms with Gasteiger partial charge in [-0.3, -0.25) is 4.68 Å². The predicted octanol–water partition coefficient (Wildman–Crippen LogP) is 1.93. The summed E-state index contributed by atoms with van der Waals surface area (Å²) in [5, 5.41) is 21.6. The van der Waals surface area contributed by atoms with Gasteiger partial charge >= 0.3 is 0 Å². The number of nitrogens with one attached hydrogen (secondary N) is 1. The monoisotopic (exact) mass is 391 g/mol. The largest absolute Gasteiger partial charge is 0.494 e. The van der Waals surface area contributed by atoms with Crippen molar-refractivity contribution in [2.45, 2.75) is 18.9 Å². The summed E-state index contributed by atoms with van der Waals surface area (Å²) < 4.78 is 9.34. The molecule has 5 rings (SSSR count). The molecular weight excluding hydrogens is 366 g/mol. The molecule has 0 radical (unpaired) electrons. The van der Waals surface area contributed by atoms with Crippen molar-refractivity contribution in [1.82, 2.24) is 29.6 Å². The average Bonchev–Trinajstić information content (AvgIpc) is 3.37. The number of fused-ring (bicyclic) bond motifs is 1. The van der Waals surface area contributed by atoms with E-state index in [1.165, 1.54) is 19.6 Å². The van der Waals surface area contributed by atoms with Gasteiger partial charge in [-0.25, -0.2) is 4.52 Å². The molecule has 0 amide bonds. The van der Waals surface area contributed by atoms with Crippen LogP contribution in [0.3, 0.4) is 0 Å². The first kappa shape index (κ1) is 18.2. The van der Waals surface area contributed by atoms with Crippen molar-refractivity contribution in [3.05, 3.63) is 36.4 Å². The Labute approximate surface area is 169 Å². The summed E-state index contributed by atoms with van der Waals surface area (Å²) in [5.74, 6) is 1.47. The lowest BCUT2D eigenvalue weighted by Crippen LogP contribution is -2.49. The normalized spacial score (nSPS) is 18.6. The molecule has 2 saturated heterocycles. The number of aromatic nitrogens is 4. The zero-order valence-corrected chi connectivity index (χ0v) is 16.6. The molecule has 3 aromatic rings. The zero-order valence-electron chi connectivity index (χ0n) is 16.6. The van der Waals surface area contributed by atoms with Gasteiger partial charge in [-0.1, -0.05) is 0 Å². The molecule has 8 nitrogen and oxygen atoms in total. The van der Waals surface area contributed by atoms with E-state index in [9.17, 15) is 5.26 Å². The number of nitriles is 1. The van der Waals surface area contributed by atoms with Crippen LogP contribution in [-0.2, 0) is 0 Å². The Morgan fingerprint density at radius 3 is 2.69 bits per heavy atom. The van der Waals surface area contributed by atoms with Gasteiger partial charge in [0.2, 0.25) is 0 Å². The molecule has 0 spiro atoms. The maximum absolute atomic E-state index is 9.28. The van der Waals surface area contributed by atoms with E-state index in [4.69, 9.17) is 4.74 Å². The third kappa shape index (κ3) is 3.37. The van der Waals surface area contributed by atoms with Crippen LogP contribution in [0, 0.1) is 17.2 Å². The zero-order chi connectivity index (χ0) is 19.8. The van der Waals surface area contributed by atoms with Crippen molar-refractivity contribution in [2.75, 3.05) is 39.8 Å². The van der Waals surface area contributed by atoms with E-state index in [2.05, 4.69) is 37.4 Å². The lowest BCUT2D eigenvalue weighted by atomic mass is 9.99. The minimum Gasteiger partial charge on any atom is -0.494 e. The number of methoxy groups -OCH3 is 1. The van der Waals surface area contributed by atoms with Gasteiger partial charge in [0.15, 0.2) is 0 Å². The Bertz CT molecular complexity index is 1050. The Kier molecular flexibility index (Phi) is 4.70. The molecule has 0 atom stereocenters. The molecule has 0 unspecified atom stereocenters. The molecule has 2 aliphatic heterocycles. The number of ether oxygens (including phenoxy) is 1. The van der Waals surface area contributed by atoms with Gasteiger partial charge in [-0.05, 0) is 24.8 Å². The van der Waals surface area contributed by atoms with Crippen molar-refractivity contribution in [2.24, 2.45) is 5.92 Å². The third-order valence-electron chi connectivity index (χ3n) is 6.17. The Morgan fingerprint density at radius 1 is 1.17 bits per heavy atom. The molecule has 3 aromatic heterocycles. The summed E-state index contributed by atoms with van der Waals surface area (Å²) in [6.07, 6.45) is 9.78. The van der Waals surface area contributed by atoms with Gasteiger partial charge in [0.05, 0.1) is 25.5 Å². The Balaban J connectivity index is 1.33. The van der Waals surface area contributed by atoms with E-state index in [0.29, 0.717) is 22.9 Å². The summed E-state index contributed by atoms with van der Waals surface area (Å²) in [6.45, 7) is 5.84. The van der Waals surface area contributed by atoms with Crippen LogP contribution < -0.4 is 10.1 Å². The summed E-state index contributed by atoms with van der Waals surface area (Å²) >= 11 is 0. The van der Waals surface area contributed by atoms with Crippen LogP contribution in [0.4, 0.5) is 0 Å². The smallest absolute Gasteiger partial charge is 0.146 e. The van der Waals surface area contributed by atoms with Crippen LogP contribution in [0.1, 0.15) is 24.4 Å². The van der Waals surface area contributed by atoms with Gasteiger partial charge in [-0.2, -0.15) is 15.5 Å². The number of piperidine rings is 1. The Hall–Kier alpha value is -2.89. The first-order valence-corrected chi connectivity index (χ1v) is 10.2. The number of likely N-dealkylation sites (tertiary alicyclic amines) is 1. The van der Waals surface area contributed by atoms with E-state index in [-0.39, 0.29) is 0 Å². The highest BCUT2D eigenvalue weighted by atomic mass is 16.5. The van der Waals surface area contributed by atoms with Crippen LogP contribution in [0.25, 0.3) is 16.6 Å². The summed E-state index contributed by atoms with van der Waals surface area (Å²) in [4.78, 5) is 2.59. The first-order valence-electron chi connectivity index (χ1n) is 10.2. The van der Waals surface area contributed by atoms with Crippen LogP contribution >= 0.6 is 0 Å². The van der Waals surface area contributed by atoms with E-state index < -0.39 is 0 Å². The fourth-order valence-corrected chi connectivity index (χ4v) is 4.38. The predicted molar refractivity (Wildman–Crippen MR) is 109 cm³/mol. The maximum Gasteiger partial charge on any atom is 0.146 e. The number of hydrogen-bond acceptors (Lipinski definition) is 6. The van der Waals surface area contributed by atoms with Crippen LogP contribution in [0.2, 0.25) is 0 Å². The lowest BCUT2D eigenvalue weighted by molar-refractivity contribution is 0.139. The topological polar surface area (TPSA) is 83.4 Å². The average molecular weight is 391 g/mol. The molecule has 150 valence electrons. The van der Waals surface area contributed by atoms with Gasteiger partial charge < -0.3 is 15.0 Å². The van der Waals surface area contributed by atoms with E-state index in [1.54, 1.807) is 17.8 Å². The molecular formula is C21H25N7O. The fourth-order valence-electron chi connectivity index (χ4n) is 4.38. The van der Waals surface area contributed by atoms with Gasteiger partial charge in [0.1, 0.15) is 22.9 Å². The molecule has 0 aromatic carbocycles. The highest BCUT2D eigenvalue weighted by Crippen LogP contribution is 2.31. The minimum absolute atomic E-state index is 0.444. The van der Waals surface area contributed by atoms with E-state index in [0.717, 1.165) is 43.0 Å². The van der Waals surface area contributed by atoms with Crippen molar-refractivity contribution in [3.63, 3.8) is 0 Å². The standard InChI is InChI=1S/C21H25N7O/c1-29-20-6-16(13-28-21(20)17(7-22)10-25-28)18-11-24-27(14-18)19-2-4-26(5-3-19)12-15-8-23-9-15/h6,10-11,13-15,19,23H,2-5,8-9,12H2,1H3. The molecule has 0 bridgehead atoms. The SMILES string of the molecule is COc1cc(-c2cnn(C3CCN(CC4CNC4)CC3)c2)cn2ncc(C#N)c12. The molecule has 1 N–H and O–H groups in total. The second-order valence-electron chi connectivity index (χ2n) is 8.03. The van der Waals surface area contributed by atoms with Crippen LogP contribution in [0.5, 0.6) is 5.75 Å². The first-order chi connectivity index (χ1) is 14.2. The van der Waals surface area contributed by atoms with Crippen molar-refractivity contribution >= 4 is 5.52 Å². The quantitative estimate of drug-likeness (QED) is 0.716.